The summed E-state index contributed by atoms with van der Waals surface area (Å²) >= 11 is 1.70. The summed E-state index contributed by atoms with van der Waals surface area (Å²) in [6, 6.07) is 4.07. The van der Waals surface area contributed by atoms with Crippen LogP contribution in [0.15, 0.2) is 17.5 Å². The Bertz CT molecular complexity index is 293. The van der Waals surface area contributed by atoms with Crippen molar-refractivity contribution in [1.29, 1.82) is 0 Å². The van der Waals surface area contributed by atoms with E-state index >= 15 is 0 Å². The maximum absolute atomic E-state index is 11.5. The van der Waals surface area contributed by atoms with E-state index in [4.69, 9.17) is 0 Å². The molecular formula is C10H17ClN2OS. The predicted octanol–water partition coefficient (Wildman–Crippen LogP) is -2.11. The summed E-state index contributed by atoms with van der Waals surface area (Å²) in [4.78, 5) is 12.7. The molecule has 0 atom stereocenters. The molecule has 0 unspecified atom stereocenters. The minimum Gasteiger partial charge on any atom is -1.00 e. The number of thiophene rings is 1. The van der Waals surface area contributed by atoms with Gasteiger partial charge in [0.25, 0.3) is 5.91 Å². The van der Waals surface area contributed by atoms with Gasteiger partial charge in [-0.15, -0.1) is 11.3 Å². The molecule has 0 aliphatic carbocycles. The van der Waals surface area contributed by atoms with Gasteiger partial charge in [0.2, 0.25) is 0 Å². The Morgan fingerprint density at radius 1 is 1.53 bits per heavy atom. The van der Waals surface area contributed by atoms with Crippen LogP contribution in [0.25, 0.3) is 0 Å². The van der Waals surface area contributed by atoms with Gasteiger partial charge in [0.05, 0.1) is 4.88 Å². The monoisotopic (exact) mass is 248 g/mol. The standard InChI is InChI=1S/C10H16N2OS.ClH/c1-10(2,3)9(13)12-11-7-8-5-4-6-14-8;/h4-6,11H,7H2,1-3H3,(H,12,13);1H. The molecule has 0 aliphatic rings. The summed E-state index contributed by atoms with van der Waals surface area (Å²) in [5.74, 6) is 0.0639. The fraction of sp³-hybridized carbons (Fsp3) is 0.500. The van der Waals surface area contributed by atoms with Gasteiger partial charge in [0.15, 0.2) is 0 Å². The predicted molar refractivity (Wildman–Crippen MR) is 57.5 cm³/mol. The Hall–Kier alpha value is -0.580. The molecule has 1 aromatic heterocycles. The minimum absolute atomic E-state index is 0. The Morgan fingerprint density at radius 2 is 2.20 bits per heavy atom. The van der Waals surface area contributed by atoms with Gasteiger partial charge in [0, 0.05) is 5.41 Å². The molecule has 0 aromatic carbocycles. The summed E-state index contributed by atoms with van der Waals surface area (Å²) in [5.41, 5.74) is 4.31. The maximum atomic E-state index is 11.5. The molecule has 5 heteroatoms. The highest BCUT2D eigenvalue weighted by Crippen LogP contribution is 2.11. The van der Waals surface area contributed by atoms with Gasteiger partial charge in [0.1, 0.15) is 6.54 Å². The van der Waals surface area contributed by atoms with Crippen molar-refractivity contribution in [3.8, 4) is 0 Å². The van der Waals surface area contributed by atoms with Crippen molar-refractivity contribution in [3.63, 3.8) is 0 Å². The quantitative estimate of drug-likeness (QED) is 0.359. The van der Waals surface area contributed by atoms with Crippen LogP contribution in [-0.4, -0.2) is 5.91 Å². The Labute approximate surface area is 101 Å². The van der Waals surface area contributed by atoms with E-state index in [0.717, 1.165) is 6.54 Å². The number of quaternary nitrogens is 1. The SMILES string of the molecule is CC(C)(C)C(=O)N[NH2+]Cc1cccs1.[Cl-]. The highest BCUT2D eigenvalue weighted by atomic mass is 35.5. The van der Waals surface area contributed by atoms with E-state index in [9.17, 15) is 4.79 Å². The average molecular weight is 249 g/mol. The number of nitrogens with one attached hydrogen (secondary N) is 1. The first-order valence-electron chi connectivity index (χ1n) is 4.65. The molecule has 1 amide bonds. The first kappa shape index (κ1) is 14.4. The zero-order chi connectivity index (χ0) is 10.6. The number of nitrogens with two attached hydrogens (primary N) is 1. The first-order chi connectivity index (χ1) is 6.50. The lowest BCUT2D eigenvalue weighted by atomic mass is 9.96. The smallest absolute Gasteiger partial charge is 0.270 e. The molecule has 3 nitrogen and oxygen atoms in total. The number of carbonyl (C=O) groups is 1. The Balaban J connectivity index is 0.00000196. The average Bonchev–Trinajstić information content (AvgIpc) is 2.55. The van der Waals surface area contributed by atoms with Crippen molar-refractivity contribution >= 4 is 17.2 Å². The lowest BCUT2D eigenvalue weighted by Crippen LogP contribution is -3.00. The van der Waals surface area contributed by atoms with Crippen LogP contribution in [0.3, 0.4) is 0 Å². The van der Waals surface area contributed by atoms with Crippen LogP contribution in [0.4, 0.5) is 0 Å². The molecule has 1 heterocycles. The number of rotatable bonds is 3. The van der Waals surface area contributed by atoms with Crippen molar-refractivity contribution in [2.45, 2.75) is 27.3 Å². The van der Waals surface area contributed by atoms with Gasteiger partial charge >= 0.3 is 0 Å². The highest BCUT2D eigenvalue weighted by molar-refractivity contribution is 7.09. The summed E-state index contributed by atoms with van der Waals surface area (Å²) in [7, 11) is 0. The van der Waals surface area contributed by atoms with Crippen molar-refractivity contribution < 1.29 is 22.6 Å². The third-order valence-corrected chi connectivity index (χ3v) is 2.70. The number of amides is 1. The third kappa shape index (κ3) is 5.16. The van der Waals surface area contributed by atoms with Crippen molar-refractivity contribution in [2.75, 3.05) is 0 Å². The van der Waals surface area contributed by atoms with E-state index in [2.05, 4.69) is 11.5 Å². The van der Waals surface area contributed by atoms with E-state index in [1.165, 1.54) is 4.88 Å². The summed E-state index contributed by atoms with van der Waals surface area (Å²) in [6.07, 6.45) is 0. The molecule has 1 aromatic rings. The van der Waals surface area contributed by atoms with Crippen molar-refractivity contribution in [2.24, 2.45) is 5.41 Å². The maximum Gasteiger partial charge on any atom is 0.270 e. The molecule has 0 spiro atoms. The number of halogens is 1. The van der Waals surface area contributed by atoms with Crippen LogP contribution in [0.1, 0.15) is 25.6 Å². The molecule has 15 heavy (non-hydrogen) atoms. The van der Waals surface area contributed by atoms with Crippen LogP contribution in [-0.2, 0) is 11.3 Å². The van der Waals surface area contributed by atoms with Crippen LogP contribution < -0.4 is 23.3 Å². The van der Waals surface area contributed by atoms with Crippen molar-refractivity contribution in [1.82, 2.24) is 5.43 Å². The highest BCUT2D eigenvalue weighted by Gasteiger charge is 2.22. The lowest BCUT2D eigenvalue weighted by molar-refractivity contribution is -0.714. The fourth-order valence-electron chi connectivity index (χ4n) is 0.890. The van der Waals surface area contributed by atoms with E-state index in [1.807, 2.05) is 37.6 Å². The molecule has 0 bridgehead atoms. The second-order valence-corrected chi connectivity index (χ2v) is 5.24. The fourth-order valence-corrected chi connectivity index (χ4v) is 1.56. The van der Waals surface area contributed by atoms with Crippen LogP contribution in [0.2, 0.25) is 0 Å². The molecule has 86 valence electrons. The zero-order valence-electron chi connectivity index (χ0n) is 9.21. The molecule has 3 N–H and O–H groups in total. The number of hydrogen-bond donors (Lipinski definition) is 2. The second-order valence-electron chi connectivity index (χ2n) is 4.21. The van der Waals surface area contributed by atoms with Crippen LogP contribution in [0, 0.1) is 5.41 Å². The summed E-state index contributed by atoms with van der Waals surface area (Å²) < 4.78 is 0. The van der Waals surface area contributed by atoms with Gasteiger partial charge in [-0.05, 0) is 11.4 Å². The lowest BCUT2D eigenvalue weighted by Gasteiger charge is -2.15. The number of hydrogen-bond acceptors (Lipinski definition) is 2. The normalized spacial score (nSPS) is 10.6. The zero-order valence-corrected chi connectivity index (χ0v) is 10.8. The van der Waals surface area contributed by atoms with Crippen molar-refractivity contribution in [3.05, 3.63) is 22.4 Å². The van der Waals surface area contributed by atoms with E-state index in [1.54, 1.807) is 11.3 Å². The van der Waals surface area contributed by atoms with Gasteiger partial charge in [-0.2, -0.15) is 0 Å². The van der Waals surface area contributed by atoms with Crippen LogP contribution in [0.5, 0.6) is 0 Å². The molecular weight excluding hydrogens is 232 g/mol. The topological polar surface area (TPSA) is 45.7 Å². The largest absolute Gasteiger partial charge is 1.00 e. The van der Waals surface area contributed by atoms with Crippen LogP contribution >= 0.6 is 11.3 Å². The molecule has 1 rings (SSSR count). The molecule has 0 saturated heterocycles. The van der Waals surface area contributed by atoms with E-state index in [-0.39, 0.29) is 23.7 Å². The van der Waals surface area contributed by atoms with Gasteiger partial charge in [-0.3, -0.25) is 4.79 Å². The van der Waals surface area contributed by atoms with Gasteiger partial charge in [-0.25, -0.2) is 10.9 Å². The first-order valence-corrected chi connectivity index (χ1v) is 5.53. The molecule has 0 aliphatic heterocycles. The van der Waals surface area contributed by atoms with Gasteiger partial charge in [-0.1, -0.05) is 26.8 Å². The minimum atomic E-state index is -0.314. The summed E-state index contributed by atoms with van der Waals surface area (Å²) in [5, 5.41) is 2.04. The van der Waals surface area contributed by atoms with Gasteiger partial charge < -0.3 is 12.4 Å². The second kappa shape index (κ2) is 6.10. The van der Waals surface area contributed by atoms with E-state index in [0.29, 0.717) is 0 Å². The molecule has 0 radical (unpaired) electrons. The van der Waals surface area contributed by atoms with E-state index < -0.39 is 0 Å². The molecule has 0 saturated carbocycles. The third-order valence-electron chi connectivity index (χ3n) is 1.80. The molecule has 0 fully saturated rings. The number of carbonyl (C=O) groups excluding carboxylic acids is 1. The summed E-state index contributed by atoms with van der Waals surface area (Å²) in [6.45, 7) is 6.52. The Kier molecular flexibility index (Phi) is 5.87. The Morgan fingerprint density at radius 3 is 2.67 bits per heavy atom.